The van der Waals surface area contributed by atoms with Crippen molar-refractivity contribution >= 4 is 33.7 Å². The summed E-state index contributed by atoms with van der Waals surface area (Å²) in [6, 6.07) is 5.74. The summed E-state index contributed by atoms with van der Waals surface area (Å²) in [5.74, 6) is -1.95. The third kappa shape index (κ3) is 3.57. The second-order valence-electron chi connectivity index (χ2n) is 4.55. The highest BCUT2D eigenvalue weighted by atomic mass is 79.9. The number of carbonyl (C=O) groups is 3. The number of carboxylic acids is 1. The topological polar surface area (TPSA) is 95.5 Å². The second-order valence-corrected chi connectivity index (χ2v) is 5.47. The van der Waals surface area contributed by atoms with Crippen LogP contribution in [0.15, 0.2) is 28.7 Å². The molecule has 2 atom stereocenters. The van der Waals surface area contributed by atoms with Crippen molar-refractivity contribution in [2.24, 2.45) is 0 Å². The van der Waals surface area contributed by atoms with Gasteiger partial charge in [0, 0.05) is 10.9 Å². The average molecular weight is 341 g/mol. The van der Waals surface area contributed by atoms with Gasteiger partial charge in [0.2, 0.25) is 11.8 Å². The Morgan fingerprint density at radius 3 is 2.25 bits per heavy atom. The lowest BCUT2D eigenvalue weighted by atomic mass is 10.0. The summed E-state index contributed by atoms with van der Waals surface area (Å²) < 4.78 is 0.930. The van der Waals surface area contributed by atoms with Gasteiger partial charge >= 0.3 is 5.97 Å². The first kappa shape index (κ1) is 14.5. The average Bonchev–Trinajstić information content (AvgIpc) is 2.37. The molecule has 1 heterocycles. The Balaban J connectivity index is 2.01. The molecule has 2 rings (SSSR count). The van der Waals surface area contributed by atoms with Crippen LogP contribution in [0.2, 0.25) is 0 Å². The molecule has 0 aliphatic carbocycles. The molecule has 0 radical (unpaired) electrons. The predicted molar refractivity (Wildman–Crippen MR) is 74.0 cm³/mol. The van der Waals surface area contributed by atoms with Crippen LogP contribution in [-0.4, -0.2) is 35.0 Å². The molecule has 1 aromatic carbocycles. The maximum atomic E-state index is 11.9. The van der Waals surface area contributed by atoms with Crippen LogP contribution < -0.4 is 10.6 Å². The van der Waals surface area contributed by atoms with Crippen molar-refractivity contribution in [2.75, 3.05) is 0 Å². The Morgan fingerprint density at radius 2 is 1.65 bits per heavy atom. The molecule has 1 aliphatic rings. The van der Waals surface area contributed by atoms with Crippen molar-refractivity contribution in [3.8, 4) is 0 Å². The van der Waals surface area contributed by atoms with E-state index in [9.17, 15) is 14.4 Å². The van der Waals surface area contributed by atoms with E-state index in [1.807, 2.05) is 24.3 Å². The lowest BCUT2D eigenvalue weighted by molar-refractivity contribution is -0.143. The van der Waals surface area contributed by atoms with E-state index in [-0.39, 0.29) is 5.91 Å². The van der Waals surface area contributed by atoms with Crippen molar-refractivity contribution in [1.82, 2.24) is 10.6 Å². The highest BCUT2D eigenvalue weighted by Gasteiger charge is 2.34. The monoisotopic (exact) mass is 340 g/mol. The summed E-state index contributed by atoms with van der Waals surface area (Å²) in [6.07, 6.45) is -0.0484. The lowest BCUT2D eigenvalue weighted by Crippen LogP contribution is -2.62. The van der Waals surface area contributed by atoms with Gasteiger partial charge in [0.15, 0.2) is 0 Å². The van der Waals surface area contributed by atoms with E-state index >= 15 is 0 Å². The van der Waals surface area contributed by atoms with Crippen LogP contribution >= 0.6 is 15.9 Å². The van der Waals surface area contributed by atoms with Crippen LogP contribution in [0.25, 0.3) is 0 Å². The van der Waals surface area contributed by atoms with E-state index in [0.717, 1.165) is 10.0 Å². The number of nitrogens with one attached hydrogen (secondary N) is 2. The largest absolute Gasteiger partial charge is 0.481 e. The number of amides is 2. The standard InChI is InChI=1S/C13H13BrN2O4/c14-8-3-1-7(2-4-8)5-9-12(19)16-10(6-11(17)18)13(20)15-9/h1-4,9-10H,5-6H2,(H,15,20)(H,16,19)(H,17,18)/t9-,10+/m1/s1. The van der Waals surface area contributed by atoms with Gasteiger partial charge in [0.05, 0.1) is 6.42 Å². The molecule has 6 nitrogen and oxygen atoms in total. The molecule has 7 heteroatoms. The number of hydrogen-bond acceptors (Lipinski definition) is 3. The third-order valence-corrected chi connectivity index (χ3v) is 3.53. The molecule has 1 fully saturated rings. The van der Waals surface area contributed by atoms with Crippen LogP contribution in [-0.2, 0) is 20.8 Å². The van der Waals surface area contributed by atoms with Gasteiger partial charge in [-0.1, -0.05) is 28.1 Å². The van der Waals surface area contributed by atoms with Crippen molar-refractivity contribution in [3.63, 3.8) is 0 Å². The molecule has 0 bridgehead atoms. The molecular formula is C13H13BrN2O4. The van der Waals surface area contributed by atoms with E-state index in [1.54, 1.807) is 0 Å². The molecule has 0 unspecified atom stereocenters. The number of carboxylic acid groups (broad SMARTS) is 1. The minimum absolute atomic E-state index is 0.362. The van der Waals surface area contributed by atoms with Gasteiger partial charge in [-0.25, -0.2) is 0 Å². The molecule has 3 N–H and O–H groups in total. The molecule has 0 spiro atoms. The minimum Gasteiger partial charge on any atom is -0.481 e. The van der Waals surface area contributed by atoms with Crippen LogP contribution in [0.5, 0.6) is 0 Å². The maximum Gasteiger partial charge on any atom is 0.305 e. The fraction of sp³-hybridized carbons (Fsp3) is 0.308. The lowest BCUT2D eigenvalue weighted by Gasteiger charge is -2.28. The van der Waals surface area contributed by atoms with E-state index in [1.165, 1.54) is 0 Å². The summed E-state index contributed by atoms with van der Waals surface area (Å²) in [4.78, 5) is 34.2. The van der Waals surface area contributed by atoms with Gasteiger partial charge in [-0.15, -0.1) is 0 Å². The molecule has 1 aliphatic heterocycles. The number of piperazine rings is 1. The van der Waals surface area contributed by atoms with Crippen LogP contribution in [0.1, 0.15) is 12.0 Å². The van der Waals surface area contributed by atoms with Crippen molar-refractivity contribution in [1.29, 1.82) is 0 Å². The highest BCUT2D eigenvalue weighted by molar-refractivity contribution is 9.10. The maximum absolute atomic E-state index is 11.9. The quantitative estimate of drug-likeness (QED) is 0.741. The zero-order valence-electron chi connectivity index (χ0n) is 10.4. The normalized spacial score (nSPS) is 22.1. The van der Waals surface area contributed by atoms with Gasteiger partial charge in [-0.3, -0.25) is 14.4 Å². The molecule has 20 heavy (non-hydrogen) atoms. The molecular weight excluding hydrogens is 328 g/mol. The Morgan fingerprint density at radius 1 is 1.10 bits per heavy atom. The number of benzene rings is 1. The zero-order chi connectivity index (χ0) is 14.7. The SMILES string of the molecule is O=C(O)C[C@@H]1NC(=O)[C@@H](Cc2ccc(Br)cc2)NC1=O. The van der Waals surface area contributed by atoms with Gasteiger partial charge < -0.3 is 15.7 Å². The van der Waals surface area contributed by atoms with Gasteiger partial charge in [0.25, 0.3) is 0 Å². The van der Waals surface area contributed by atoms with Crippen molar-refractivity contribution in [2.45, 2.75) is 24.9 Å². The highest BCUT2D eigenvalue weighted by Crippen LogP contribution is 2.13. The van der Waals surface area contributed by atoms with Crippen molar-refractivity contribution in [3.05, 3.63) is 34.3 Å². The molecule has 0 saturated carbocycles. The molecule has 0 aromatic heterocycles. The number of hydrogen-bond donors (Lipinski definition) is 3. The zero-order valence-corrected chi connectivity index (χ0v) is 12.0. The van der Waals surface area contributed by atoms with Gasteiger partial charge in [-0.2, -0.15) is 0 Å². The Kier molecular flexibility index (Phi) is 4.39. The molecule has 2 amide bonds. The fourth-order valence-electron chi connectivity index (χ4n) is 1.99. The number of aliphatic carboxylic acids is 1. The molecule has 1 saturated heterocycles. The summed E-state index contributed by atoms with van der Waals surface area (Å²) in [5.41, 5.74) is 0.908. The number of carbonyl (C=O) groups excluding carboxylic acids is 2. The molecule has 106 valence electrons. The fourth-order valence-corrected chi connectivity index (χ4v) is 2.26. The van der Waals surface area contributed by atoms with Gasteiger partial charge in [-0.05, 0) is 17.7 Å². The Hall–Kier alpha value is -1.89. The summed E-state index contributed by atoms with van der Waals surface area (Å²) >= 11 is 3.32. The van der Waals surface area contributed by atoms with Crippen molar-refractivity contribution < 1.29 is 19.5 Å². The van der Waals surface area contributed by atoms with Gasteiger partial charge in [0.1, 0.15) is 12.1 Å². The van der Waals surface area contributed by atoms with Crippen LogP contribution in [0, 0.1) is 0 Å². The first-order chi connectivity index (χ1) is 9.45. The first-order valence-corrected chi connectivity index (χ1v) is 6.82. The molecule has 1 aromatic rings. The Labute approximate surface area is 123 Å². The van der Waals surface area contributed by atoms with E-state index in [2.05, 4.69) is 26.6 Å². The van der Waals surface area contributed by atoms with Crippen LogP contribution in [0.4, 0.5) is 0 Å². The predicted octanol–water partition coefficient (Wildman–Crippen LogP) is 0.449. The smallest absolute Gasteiger partial charge is 0.305 e. The number of halogens is 1. The minimum atomic E-state index is -1.13. The van der Waals surface area contributed by atoms with E-state index < -0.39 is 30.4 Å². The first-order valence-electron chi connectivity index (χ1n) is 6.02. The Bertz CT molecular complexity index is 544. The summed E-state index contributed by atoms with van der Waals surface area (Å²) in [6.45, 7) is 0. The van der Waals surface area contributed by atoms with E-state index in [4.69, 9.17) is 5.11 Å². The third-order valence-electron chi connectivity index (χ3n) is 3.00. The number of rotatable bonds is 4. The summed E-state index contributed by atoms with van der Waals surface area (Å²) in [7, 11) is 0. The van der Waals surface area contributed by atoms with E-state index in [0.29, 0.717) is 6.42 Å². The summed E-state index contributed by atoms with van der Waals surface area (Å²) in [5, 5.41) is 13.7. The van der Waals surface area contributed by atoms with Crippen LogP contribution in [0.3, 0.4) is 0 Å². The second kappa shape index (κ2) is 6.04.